The van der Waals surface area contributed by atoms with Gasteiger partial charge in [0.1, 0.15) is 22.6 Å². The van der Waals surface area contributed by atoms with Crippen LogP contribution in [0.2, 0.25) is 0 Å². The van der Waals surface area contributed by atoms with Crippen LogP contribution >= 0.6 is 24.8 Å². The number of thiocarbonyl (C=S) groups is 1. The summed E-state index contributed by atoms with van der Waals surface area (Å²) in [4.78, 5) is 1.39. The summed E-state index contributed by atoms with van der Waals surface area (Å²) in [6, 6.07) is 0. The average Bonchev–Trinajstić information content (AvgIpc) is 2.25. The SMILES string of the molecule is CN(CC(O)C(O)C(O)C(O)CO)C(=S)S. The predicted octanol–water partition coefficient (Wildman–Crippen LogP) is -2.43. The monoisotopic (exact) mass is 271 g/mol. The first kappa shape index (κ1) is 16.0. The van der Waals surface area contributed by atoms with Gasteiger partial charge in [-0.25, -0.2) is 0 Å². The van der Waals surface area contributed by atoms with Crippen molar-refractivity contribution in [3.05, 3.63) is 0 Å². The van der Waals surface area contributed by atoms with Gasteiger partial charge in [0.15, 0.2) is 0 Å². The van der Waals surface area contributed by atoms with Crippen molar-refractivity contribution in [2.24, 2.45) is 0 Å². The van der Waals surface area contributed by atoms with E-state index in [4.69, 9.17) is 22.4 Å². The minimum atomic E-state index is -1.62. The molecule has 0 bridgehead atoms. The smallest absolute Gasteiger partial charge is 0.133 e. The van der Waals surface area contributed by atoms with Crippen LogP contribution < -0.4 is 0 Å². The lowest BCUT2D eigenvalue weighted by Crippen LogP contribution is -2.49. The number of aliphatic hydroxyl groups excluding tert-OH is 5. The fraction of sp³-hybridized carbons (Fsp3) is 0.875. The summed E-state index contributed by atoms with van der Waals surface area (Å²) in [5, 5.41) is 45.9. The molecular formula is C8H17NO5S2. The van der Waals surface area contributed by atoms with E-state index in [1.165, 1.54) is 4.90 Å². The molecule has 0 aromatic rings. The Balaban J connectivity index is 4.27. The standard InChI is InChI=1S/C8H17NO5S2/c1-9(8(15)16)2-4(11)6(13)7(14)5(12)3-10/h4-7,10-14H,2-3H2,1H3,(H,15,16). The Morgan fingerprint density at radius 1 is 1.19 bits per heavy atom. The van der Waals surface area contributed by atoms with E-state index in [0.29, 0.717) is 0 Å². The van der Waals surface area contributed by atoms with Gasteiger partial charge in [0.05, 0.1) is 12.7 Å². The molecule has 8 heteroatoms. The Hall–Kier alpha value is 0.0400. The number of rotatable bonds is 6. The van der Waals surface area contributed by atoms with Crippen LogP contribution in [0.5, 0.6) is 0 Å². The molecule has 0 rings (SSSR count). The molecule has 0 amide bonds. The van der Waals surface area contributed by atoms with Gasteiger partial charge >= 0.3 is 0 Å². The maximum absolute atomic E-state index is 9.51. The number of hydrogen-bond acceptors (Lipinski definition) is 6. The van der Waals surface area contributed by atoms with Crippen LogP contribution in [-0.2, 0) is 0 Å². The molecule has 96 valence electrons. The van der Waals surface area contributed by atoms with Gasteiger partial charge in [0, 0.05) is 13.6 Å². The molecule has 0 radical (unpaired) electrons. The quantitative estimate of drug-likeness (QED) is 0.236. The van der Waals surface area contributed by atoms with Crippen molar-refractivity contribution in [2.45, 2.75) is 24.4 Å². The molecule has 0 aliphatic rings. The van der Waals surface area contributed by atoms with Gasteiger partial charge in [0.25, 0.3) is 0 Å². The minimum absolute atomic E-state index is 0.0429. The van der Waals surface area contributed by atoms with Crippen molar-refractivity contribution in [1.29, 1.82) is 0 Å². The fourth-order valence-electron chi connectivity index (χ4n) is 1.03. The van der Waals surface area contributed by atoms with Crippen molar-refractivity contribution in [1.82, 2.24) is 4.90 Å². The molecule has 0 saturated carbocycles. The number of hydrogen-bond donors (Lipinski definition) is 6. The fourth-order valence-corrected chi connectivity index (χ4v) is 1.19. The van der Waals surface area contributed by atoms with Crippen molar-refractivity contribution in [3.63, 3.8) is 0 Å². The van der Waals surface area contributed by atoms with E-state index in [1.807, 2.05) is 0 Å². The van der Waals surface area contributed by atoms with Crippen molar-refractivity contribution in [3.8, 4) is 0 Å². The van der Waals surface area contributed by atoms with E-state index < -0.39 is 31.0 Å². The number of nitrogens with zero attached hydrogens (tertiary/aromatic N) is 1. The highest BCUT2D eigenvalue weighted by atomic mass is 32.1. The van der Waals surface area contributed by atoms with Gasteiger partial charge < -0.3 is 30.4 Å². The zero-order chi connectivity index (χ0) is 12.9. The summed E-state index contributed by atoms with van der Waals surface area (Å²) >= 11 is 8.57. The molecule has 0 aliphatic heterocycles. The van der Waals surface area contributed by atoms with Crippen molar-refractivity contribution in [2.75, 3.05) is 20.2 Å². The molecule has 0 fully saturated rings. The first-order valence-electron chi connectivity index (χ1n) is 4.58. The molecule has 0 aromatic heterocycles. The van der Waals surface area contributed by atoms with E-state index in [9.17, 15) is 15.3 Å². The third kappa shape index (κ3) is 4.91. The lowest BCUT2D eigenvalue weighted by Gasteiger charge is -2.28. The Labute approximate surface area is 105 Å². The molecule has 4 atom stereocenters. The third-order valence-electron chi connectivity index (χ3n) is 2.11. The summed E-state index contributed by atoms with van der Waals surface area (Å²) in [5.41, 5.74) is 0. The lowest BCUT2D eigenvalue weighted by atomic mass is 10.0. The molecule has 6 nitrogen and oxygen atoms in total. The van der Waals surface area contributed by atoms with Gasteiger partial charge in [-0.05, 0) is 0 Å². The normalized spacial score (nSPS) is 18.7. The number of thiol groups is 1. The molecule has 0 aliphatic carbocycles. The first-order valence-corrected chi connectivity index (χ1v) is 5.44. The molecular weight excluding hydrogens is 254 g/mol. The van der Waals surface area contributed by atoms with E-state index in [0.717, 1.165) is 0 Å². The summed E-state index contributed by atoms with van der Waals surface area (Å²) in [6.45, 7) is -0.746. The molecule has 0 saturated heterocycles. The average molecular weight is 271 g/mol. The van der Waals surface area contributed by atoms with Gasteiger partial charge in [-0.3, -0.25) is 0 Å². The van der Waals surface area contributed by atoms with Crippen LogP contribution in [0.4, 0.5) is 0 Å². The van der Waals surface area contributed by atoms with Crippen molar-refractivity contribution >= 4 is 29.2 Å². The van der Waals surface area contributed by atoms with Gasteiger partial charge in [-0.15, -0.1) is 12.6 Å². The van der Waals surface area contributed by atoms with Crippen LogP contribution in [0, 0.1) is 0 Å². The van der Waals surface area contributed by atoms with Crippen LogP contribution in [0.25, 0.3) is 0 Å². The van der Waals surface area contributed by atoms with E-state index in [-0.39, 0.29) is 10.9 Å². The zero-order valence-corrected chi connectivity index (χ0v) is 10.5. The second-order valence-electron chi connectivity index (χ2n) is 3.46. The summed E-state index contributed by atoms with van der Waals surface area (Å²) in [6.07, 6.45) is -6.02. The zero-order valence-electron chi connectivity index (χ0n) is 8.76. The van der Waals surface area contributed by atoms with E-state index in [2.05, 4.69) is 12.6 Å². The molecule has 0 spiro atoms. The van der Waals surface area contributed by atoms with Gasteiger partial charge in [-0.1, -0.05) is 12.2 Å². The lowest BCUT2D eigenvalue weighted by molar-refractivity contribution is -0.116. The third-order valence-corrected chi connectivity index (χ3v) is 2.77. The van der Waals surface area contributed by atoms with E-state index >= 15 is 0 Å². The highest BCUT2D eigenvalue weighted by molar-refractivity contribution is 8.10. The van der Waals surface area contributed by atoms with Crippen LogP contribution in [0.15, 0.2) is 0 Å². The summed E-state index contributed by atoms with van der Waals surface area (Å²) in [7, 11) is 1.56. The maximum Gasteiger partial charge on any atom is 0.133 e. The Kier molecular flexibility index (Phi) is 7.40. The van der Waals surface area contributed by atoms with Gasteiger partial charge in [0.2, 0.25) is 0 Å². The summed E-state index contributed by atoms with van der Waals surface area (Å²) < 4.78 is 0.225. The number of aliphatic hydroxyl groups is 5. The predicted molar refractivity (Wildman–Crippen MR) is 65.3 cm³/mol. The van der Waals surface area contributed by atoms with Gasteiger partial charge in [-0.2, -0.15) is 0 Å². The van der Waals surface area contributed by atoms with E-state index in [1.54, 1.807) is 7.05 Å². The van der Waals surface area contributed by atoms with Crippen LogP contribution in [-0.4, -0.2) is 79.4 Å². The Bertz CT molecular complexity index is 230. The maximum atomic E-state index is 9.51. The second kappa shape index (κ2) is 7.38. The van der Waals surface area contributed by atoms with Crippen LogP contribution in [0.1, 0.15) is 0 Å². The van der Waals surface area contributed by atoms with Crippen molar-refractivity contribution < 1.29 is 25.5 Å². The molecule has 0 aromatic carbocycles. The topological polar surface area (TPSA) is 104 Å². The highest BCUT2D eigenvalue weighted by Crippen LogP contribution is 2.07. The Morgan fingerprint density at radius 2 is 1.62 bits per heavy atom. The van der Waals surface area contributed by atoms with Crippen LogP contribution in [0.3, 0.4) is 0 Å². The molecule has 16 heavy (non-hydrogen) atoms. The Morgan fingerprint density at radius 3 is 2.00 bits per heavy atom. The second-order valence-corrected chi connectivity index (χ2v) is 4.57. The first-order chi connectivity index (χ1) is 7.31. The minimum Gasteiger partial charge on any atom is -0.394 e. The summed E-state index contributed by atoms with van der Waals surface area (Å²) in [5.74, 6) is 0. The largest absolute Gasteiger partial charge is 0.394 e. The number of likely N-dealkylation sites (N-methyl/N-ethyl adjacent to an activating group) is 1. The highest BCUT2D eigenvalue weighted by Gasteiger charge is 2.30. The molecule has 4 unspecified atom stereocenters. The molecule has 0 heterocycles. The molecule has 5 N–H and O–H groups in total.